The topological polar surface area (TPSA) is 126 Å². The highest BCUT2D eigenvalue weighted by Crippen LogP contribution is 2.31. The van der Waals surface area contributed by atoms with E-state index in [0.29, 0.717) is 28.6 Å². The van der Waals surface area contributed by atoms with Gasteiger partial charge in [0.2, 0.25) is 0 Å². The predicted octanol–water partition coefficient (Wildman–Crippen LogP) is -0.00770. The highest BCUT2D eigenvalue weighted by molar-refractivity contribution is 6.29. The highest BCUT2D eigenvalue weighted by atomic mass is 35.5. The van der Waals surface area contributed by atoms with Gasteiger partial charge in [0.15, 0.2) is 23.2 Å². The molecule has 1 aliphatic heterocycles. The Labute approximate surface area is 142 Å². The molecular weight excluding hydrogens is 338 g/mol. The number of hydrogen-bond donors (Lipinski definition) is 4. The molecule has 0 saturated carbocycles. The Morgan fingerprint density at radius 2 is 2.17 bits per heavy atom. The molecule has 1 saturated heterocycles. The first kappa shape index (κ1) is 17.1. The van der Waals surface area contributed by atoms with Gasteiger partial charge >= 0.3 is 0 Å². The van der Waals surface area contributed by atoms with Crippen molar-refractivity contribution in [2.45, 2.75) is 31.5 Å². The molecule has 0 spiro atoms. The molecule has 0 amide bonds. The molecule has 1 fully saturated rings. The number of fused-ring (bicyclic) bond motifs is 1. The summed E-state index contributed by atoms with van der Waals surface area (Å²) in [5.41, 5.74) is 0.935. The number of halogens is 1. The molecule has 4 atom stereocenters. The number of aliphatic hydroxyl groups is 3. The molecule has 2 aromatic rings. The van der Waals surface area contributed by atoms with Gasteiger partial charge in [0.05, 0.1) is 12.9 Å². The minimum Gasteiger partial charge on any atom is -0.394 e. The van der Waals surface area contributed by atoms with Crippen molar-refractivity contribution in [2.24, 2.45) is 0 Å². The summed E-state index contributed by atoms with van der Waals surface area (Å²) in [4.78, 5) is 12.6. The number of allylic oxidation sites excluding steroid dienone is 1. The Morgan fingerprint density at radius 3 is 2.83 bits per heavy atom. The second-order valence-corrected chi connectivity index (χ2v) is 6.04. The number of imidazole rings is 1. The molecule has 3 heterocycles. The number of hydrogen-bond acceptors (Lipinski definition) is 8. The van der Waals surface area contributed by atoms with E-state index in [-0.39, 0.29) is 0 Å². The van der Waals surface area contributed by atoms with E-state index in [1.807, 2.05) is 0 Å². The van der Waals surface area contributed by atoms with Crippen LogP contribution in [0, 0.1) is 0 Å². The maximum atomic E-state index is 10.1. The van der Waals surface area contributed by atoms with Gasteiger partial charge in [-0.3, -0.25) is 4.57 Å². The molecule has 2 unspecified atom stereocenters. The number of nitrogens with one attached hydrogen (secondary N) is 1. The van der Waals surface area contributed by atoms with Crippen LogP contribution in [0.5, 0.6) is 0 Å². The molecule has 2 aromatic heterocycles. The molecule has 10 heteroatoms. The third-order valence-corrected chi connectivity index (χ3v) is 3.96. The fraction of sp³-hybridized carbons (Fsp3) is 0.500. The smallest absolute Gasteiger partial charge is 0.167 e. The first-order valence-electron chi connectivity index (χ1n) is 7.39. The van der Waals surface area contributed by atoms with Gasteiger partial charge < -0.3 is 25.4 Å². The highest BCUT2D eigenvalue weighted by Gasteiger charge is 2.43. The van der Waals surface area contributed by atoms with Crippen molar-refractivity contribution in [3.05, 3.63) is 23.8 Å². The van der Waals surface area contributed by atoms with Gasteiger partial charge in [-0.1, -0.05) is 17.7 Å². The zero-order chi connectivity index (χ0) is 17.3. The van der Waals surface area contributed by atoms with Crippen LogP contribution < -0.4 is 5.32 Å². The van der Waals surface area contributed by atoms with Crippen LogP contribution in [0.2, 0.25) is 0 Å². The van der Waals surface area contributed by atoms with Gasteiger partial charge in [0, 0.05) is 11.6 Å². The van der Waals surface area contributed by atoms with E-state index >= 15 is 0 Å². The summed E-state index contributed by atoms with van der Waals surface area (Å²) in [6.07, 6.45) is 0.461. The zero-order valence-electron chi connectivity index (χ0n) is 12.9. The van der Waals surface area contributed by atoms with Crippen LogP contribution in [0.25, 0.3) is 11.2 Å². The fourth-order valence-electron chi connectivity index (χ4n) is 2.57. The van der Waals surface area contributed by atoms with Crippen LogP contribution in [0.3, 0.4) is 0 Å². The third-order valence-electron chi connectivity index (χ3n) is 3.80. The van der Waals surface area contributed by atoms with Gasteiger partial charge in [-0.25, -0.2) is 15.0 Å². The van der Waals surface area contributed by atoms with Gasteiger partial charge in [-0.05, 0) is 6.92 Å². The van der Waals surface area contributed by atoms with Crippen molar-refractivity contribution in [1.82, 2.24) is 19.5 Å². The van der Waals surface area contributed by atoms with Gasteiger partial charge in [-0.15, -0.1) is 0 Å². The van der Waals surface area contributed by atoms with Crippen LogP contribution in [-0.4, -0.2) is 66.3 Å². The summed E-state index contributed by atoms with van der Waals surface area (Å²) in [5, 5.41) is 33.0. The molecule has 130 valence electrons. The number of anilines is 1. The van der Waals surface area contributed by atoms with Crippen molar-refractivity contribution in [3.63, 3.8) is 0 Å². The van der Waals surface area contributed by atoms with Crippen molar-refractivity contribution in [3.8, 4) is 0 Å². The van der Waals surface area contributed by atoms with Crippen molar-refractivity contribution < 1.29 is 20.1 Å². The van der Waals surface area contributed by atoms with E-state index < -0.39 is 31.1 Å². The quantitative estimate of drug-likeness (QED) is 0.590. The molecule has 0 aromatic carbocycles. The second-order valence-electron chi connectivity index (χ2n) is 5.45. The van der Waals surface area contributed by atoms with E-state index in [4.69, 9.17) is 16.3 Å². The summed E-state index contributed by atoms with van der Waals surface area (Å²) in [6, 6.07) is 0. The first-order valence-corrected chi connectivity index (χ1v) is 7.77. The van der Waals surface area contributed by atoms with Gasteiger partial charge in [-0.2, -0.15) is 0 Å². The third kappa shape index (κ3) is 3.08. The predicted molar refractivity (Wildman–Crippen MR) is 86.4 cm³/mol. The average Bonchev–Trinajstić information content (AvgIpc) is 3.10. The fourth-order valence-corrected chi connectivity index (χ4v) is 2.64. The lowest BCUT2D eigenvalue weighted by Gasteiger charge is -2.16. The van der Waals surface area contributed by atoms with Crippen LogP contribution >= 0.6 is 11.6 Å². The summed E-state index contributed by atoms with van der Waals surface area (Å²) >= 11 is 5.79. The number of rotatable bonds is 5. The summed E-state index contributed by atoms with van der Waals surface area (Å²) in [7, 11) is 0. The van der Waals surface area contributed by atoms with Crippen LogP contribution in [-0.2, 0) is 4.74 Å². The molecule has 0 radical (unpaired) electrons. The van der Waals surface area contributed by atoms with E-state index in [2.05, 4.69) is 20.3 Å². The Balaban J connectivity index is 1.90. The molecule has 4 N–H and O–H groups in total. The molecule has 1 aliphatic rings. The number of nitrogens with zero attached hydrogens (tertiary/aromatic N) is 4. The SMILES string of the molecule is C/C(Cl)=C/CNc1ncnc2c1ncn2[C@@H]1O[C@H](CO)C(O)C1O. The average molecular weight is 356 g/mol. The van der Waals surface area contributed by atoms with Crippen LogP contribution in [0.1, 0.15) is 13.2 Å². The molecule has 9 nitrogen and oxygen atoms in total. The van der Waals surface area contributed by atoms with Crippen molar-refractivity contribution in [1.29, 1.82) is 0 Å². The van der Waals surface area contributed by atoms with E-state index in [9.17, 15) is 15.3 Å². The Morgan fingerprint density at radius 1 is 1.38 bits per heavy atom. The molecule has 3 rings (SSSR count). The van der Waals surface area contributed by atoms with E-state index in [1.54, 1.807) is 13.0 Å². The summed E-state index contributed by atoms with van der Waals surface area (Å²) in [6.45, 7) is 1.85. The molecular formula is C14H18ClN5O4. The van der Waals surface area contributed by atoms with Gasteiger partial charge in [0.25, 0.3) is 0 Å². The molecule has 0 aliphatic carbocycles. The normalized spacial score (nSPS) is 27.8. The maximum Gasteiger partial charge on any atom is 0.167 e. The lowest BCUT2D eigenvalue weighted by molar-refractivity contribution is -0.0511. The minimum atomic E-state index is -1.20. The monoisotopic (exact) mass is 355 g/mol. The summed E-state index contributed by atoms with van der Waals surface area (Å²) < 4.78 is 7.01. The molecule has 24 heavy (non-hydrogen) atoms. The summed E-state index contributed by atoms with van der Waals surface area (Å²) in [5.74, 6) is 0.514. The zero-order valence-corrected chi connectivity index (χ0v) is 13.6. The van der Waals surface area contributed by atoms with Crippen LogP contribution in [0.15, 0.2) is 23.8 Å². The molecule has 0 bridgehead atoms. The van der Waals surface area contributed by atoms with Gasteiger partial charge in [0.1, 0.15) is 24.6 Å². The second kappa shape index (κ2) is 6.99. The van der Waals surface area contributed by atoms with Crippen molar-refractivity contribution >= 4 is 28.6 Å². The standard InChI is InChI=1S/C14H18ClN5O4/c1-7(15)2-3-16-12-9-13(18-5-17-12)20(6-19-9)14-11(23)10(22)8(4-21)24-14/h2,5-6,8,10-11,14,21-23H,3-4H2,1H3,(H,16,17,18)/b7-2-/t8-,10?,11?,14-/m1/s1. The number of ether oxygens (including phenoxy) is 1. The largest absolute Gasteiger partial charge is 0.394 e. The van der Waals surface area contributed by atoms with E-state index in [1.165, 1.54) is 17.2 Å². The first-order chi connectivity index (χ1) is 11.5. The Hall–Kier alpha value is -1.78. The number of aromatic nitrogens is 4. The Kier molecular flexibility index (Phi) is 4.97. The van der Waals surface area contributed by atoms with Crippen molar-refractivity contribution in [2.75, 3.05) is 18.5 Å². The maximum absolute atomic E-state index is 10.1. The van der Waals surface area contributed by atoms with Crippen LogP contribution in [0.4, 0.5) is 5.82 Å². The Bertz CT molecular complexity index is 748. The lowest BCUT2D eigenvalue weighted by atomic mass is 10.1. The lowest BCUT2D eigenvalue weighted by Crippen LogP contribution is -2.33. The number of aliphatic hydroxyl groups excluding tert-OH is 3. The van der Waals surface area contributed by atoms with E-state index in [0.717, 1.165) is 0 Å². The minimum absolute atomic E-state index is 0.396.